The number of carbonyl (C=O) groups is 1. The average Bonchev–Trinajstić information content (AvgIpc) is 2.31. The first kappa shape index (κ1) is 10.7. The van der Waals surface area contributed by atoms with E-state index in [-0.39, 0.29) is 5.78 Å². The number of aryl methyl sites for hydroxylation is 1. The van der Waals surface area contributed by atoms with Crippen LogP contribution in [0.1, 0.15) is 22.3 Å². The fourth-order valence-corrected chi connectivity index (χ4v) is 1.53. The van der Waals surface area contributed by atoms with Crippen molar-refractivity contribution in [2.75, 3.05) is 13.2 Å². The van der Waals surface area contributed by atoms with E-state index in [2.05, 4.69) is 5.32 Å². The van der Waals surface area contributed by atoms with E-state index in [1.54, 1.807) is 0 Å². The van der Waals surface area contributed by atoms with Crippen molar-refractivity contribution in [3.05, 3.63) is 47.4 Å². The summed E-state index contributed by atoms with van der Waals surface area (Å²) in [5, 5.41) is 3.05. The van der Waals surface area contributed by atoms with Gasteiger partial charge in [0.25, 0.3) is 0 Å². The minimum absolute atomic E-state index is 0.0237. The van der Waals surface area contributed by atoms with Crippen LogP contribution in [0.4, 0.5) is 0 Å². The van der Waals surface area contributed by atoms with Crippen LogP contribution in [-0.2, 0) is 4.74 Å². The molecule has 1 aromatic carbocycles. The molecule has 1 aliphatic rings. The molecular weight excluding hydrogens is 202 g/mol. The van der Waals surface area contributed by atoms with Gasteiger partial charge in [0.15, 0.2) is 11.7 Å². The van der Waals surface area contributed by atoms with Crippen LogP contribution in [0.3, 0.4) is 0 Å². The zero-order valence-corrected chi connectivity index (χ0v) is 9.32. The second-order valence-corrected chi connectivity index (χ2v) is 3.87. The molecule has 0 aliphatic carbocycles. The zero-order chi connectivity index (χ0) is 11.4. The van der Waals surface area contributed by atoms with E-state index < -0.39 is 0 Å². The molecule has 0 aromatic heterocycles. The quantitative estimate of drug-likeness (QED) is 0.608. The summed E-state index contributed by atoms with van der Waals surface area (Å²) in [6, 6.07) is 7.52. The zero-order valence-electron chi connectivity index (χ0n) is 9.32. The molecule has 2 rings (SSSR count). The smallest absolute Gasteiger partial charge is 0.191 e. The first-order chi connectivity index (χ1) is 7.75. The van der Waals surface area contributed by atoms with Crippen LogP contribution < -0.4 is 5.32 Å². The van der Waals surface area contributed by atoms with Gasteiger partial charge in [-0.3, -0.25) is 4.79 Å². The molecule has 3 heteroatoms. The Kier molecular flexibility index (Phi) is 3.25. The third-order valence-electron chi connectivity index (χ3n) is 2.48. The molecule has 1 aromatic rings. The number of allylic oxidation sites excluding steroid dienone is 1. The molecule has 1 heterocycles. The van der Waals surface area contributed by atoms with Crippen molar-refractivity contribution in [1.82, 2.24) is 5.32 Å². The van der Waals surface area contributed by atoms with Gasteiger partial charge in [-0.15, -0.1) is 0 Å². The predicted molar refractivity (Wildman–Crippen MR) is 62.2 cm³/mol. The molecule has 1 fully saturated rings. The number of carbonyl (C=O) groups excluding carboxylic acids is 1. The number of benzene rings is 1. The molecule has 0 spiro atoms. The summed E-state index contributed by atoms with van der Waals surface area (Å²) in [5.74, 6) is 0.557. The molecule has 1 aliphatic heterocycles. The monoisotopic (exact) mass is 217 g/mol. The number of nitrogens with one attached hydrogen (secondary N) is 1. The van der Waals surface area contributed by atoms with Gasteiger partial charge in [0.2, 0.25) is 0 Å². The lowest BCUT2D eigenvalue weighted by Gasteiger charge is -2.17. The van der Waals surface area contributed by atoms with Gasteiger partial charge < -0.3 is 10.1 Å². The summed E-state index contributed by atoms with van der Waals surface area (Å²) in [6.45, 7) is 3.55. The van der Waals surface area contributed by atoms with Crippen LogP contribution in [0.15, 0.2) is 36.2 Å². The van der Waals surface area contributed by atoms with Crippen LogP contribution in [0.25, 0.3) is 0 Å². The van der Waals surface area contributed by atoms with Crippen LogP contribution >= 0.6 is 0 Å². The van der Waals surface area contributed by atoms with Crippen LogP contribution in [0.5, 0.6) is 0 Å². The van der Waals surface area contributed by atoms with Gasteiger partial charge in [-0.2, -0.15) is 0 Å². The molecule has 84 valence electrons. The Morgan fingerprint density at radius 3 is 2.75 bits per heavy atom. The highest BCUT2D eigenvalue weighted by atomic mass is 16.5. The molecular formula is C13H15NO2. The number of hydrogen-bond acceptors (Lipinski definition) is 3. The SMILES string of the molecule is Cc1ccc(C(=O)/C=C2\NCCCO2)cc1. The van der Waals surface area contributed by atoms with Gasteiger partial charge in [-0.25, -0.2) is 0 Å². The summed E-state index contributed by atoms with van der Waals surface area (Å²) < 4.78 is 5.32. The van der Waals surface area contributed by atoms with Crippen LogP contribution in [-0.4, -0.2) is 18.9 Å². The largest absolute Gasteiger partial charge is 0.479 e. The molecule has 0 atom stereocenters. The van der Waals surface area contributed by atoms with E-state index in [4.69, 9.17) is 4.74 Å². The number of hydrogen-bond donors (Lipinski definition) is 1. The van der Waals surface area contributed by atoms with Crippen molar-refractivity contribution in [1.29, 1.82) is 0 Å². The minimum atomic E-state index is -0.0237. The van der Waals surface area contributed by atoms with Crippen molar-refractivity contribution in [3.8, 4) is 0 Å². The van der Waals surface area contributed by atoms with E-state index in [9.17, 15) is 4.79 Å². The lowest BCUT2D eigenvalue weighted by atomic mass is 10.1. The summed E-state index contributed by atoms with van der Waals surface area (Å²) in [5.41, 5.74) is 1.84. The van der Waals surface area contributed by atoms with E-state index in [1.165, 1.54) is 6.08 Å². The summed E-state index contributed by atoms with van der Waals surface area (Å²) >= 11 is 0. The third-order valence-corrected chi connectivity index (χ3v) is 2.48. The Hall–Kier alpha value is -1.77. The van der Waals surface area contributed by atoms with Crippen LogP contribution in [0, 0.1) is 6.92 Å². The average molecular weight is 217 g/mol. The highest BCUT2D eigenvalue weighted by Gasteiger charge is 2.08. The van der Waals surface area contributed by atoms with E-state index >= 15 is 0 Å². The van der Waals surface area contributed by atoms with Crippen molar-refractivity contribution < 1.29 is 9.53 Å². The maximum absolute atomic E-state index is 11.8. The Labute approximate surface area is 95.1 Å². The topological polar surface area (TPSA) is 38.3 Å². The Morgan fingerprint density at radius 1 is 1.38 bits per heavy atom. The van der Waals surface area contributed by atoms with Gasteiger partial charge in [0.1, 0.15) is 0 Å². The standard InChI is InChI=1S/C13H15NO2/c1-10-3-5-11(6-4-10)12(15)9-13-14-7-2-8-16-13/h3-6,9,14H,2,7-8H2,1H3/b13-9+. The minimum Gasteiger partial charge on any atom is -0.479 e. The van der Waals surface area contributed by atoms with Crippen molar-refractivity contribution in [2.24, 2.45) is 0 Å². The van der Waals surface area contributed by atoms with Crippen molar-refractivity contribution >= 4 is 5.78 Å². The van der Waals surface area contributed by atoms with E-state index in [0.717, 1.165) is 18.5 Å². The molecule has 0 radical (unpaired) electrons. The molecule has 16 heavy (non-hydrogen) atoms. The van der Waals surface area contributed by atoms with Crippen molar-refractivity contribution in [3.63, 3.8) is 0 Å². The van der Waals surface area contributed by atoms with Gasteiger partial charge in [-0.1, -0.05) is 29.8 Å². The number of rotatable bonds is 2. The Morgan fingerprint density at radius 2 is 2.12 bits per heavy atom. The third kappa shape index (κ3) is 2.63. The van der Waals surface area contributed by atoms with Gasteiger partial charge in [0, 0.05) is 18.2 Å². The molecule has 0 saturated carbocycles. The first-order valence-electron chi connectivity index (χ1n) is 5.45. The van der Waals surface area contributed by atoms with Crippen molar-refractivity contribution in [2.45, 2.75) is 13.3 Å². The fourth-order valence-electron chi connectivity index (χ4n) is 1.53. The molecule has 0 unspecified atom stereocenters. The van der Waals surface area contributed by atoms with Gasteiger partial charge in [0.05, 0.1) is 6.61 Å². The second kappa shape index (κ2) is 4.84. The Balaban J connectivity index is 2.09. The molecule has 0 bridgehead atoms. The lowest BCUT2D eigenvalue weighted by molar-refractivity contribution is 0.102. The summed E-state index contributed by atoms with van der Waals surface area (Å²) in [6.07, 6.45) is 2.50. The highest BCUT2D eigenvalue weighted by molar-refractivity contribution is 6.04. The lowest BCUT2D eigenvalue weighted by Crippen LogP contribution is -2.25. The molecule has 1 saturated heterocycles. The van der Waals surface area contributed by atoms with Gasteiger partial charge >= 0.3 is 0 Å². The molecule has 3 nitrogen and oxygen atoms in total. The Bertz CT molecular complexity index is 398. The maximum atomic E-state index is 11.8. The first-order valence-corrected chi connectivity index (χ1v) is 5.45. The van der Waals surface area contributed by atoms with E-state index in [0.29, 0.717) is 18.1 Å². The highest BCUT2D eigenvalue weighted by Crippen LogP contribution is 2.07. The summed E-state index contributed by atoms with van der Waals surface area (Å²) in [4.78, 5) is 11.8. The molecule has 1 N–H and O–H groups in total. The number of ether oxygens (including phenoxy) is 1. The fraction of sp³-hybridized carbons (Fsp3) is 0.308. The second-order valence-electron chi connectivity index (χ2n) is 3.87. The van der Waals surface area contributed by atoms with Crippen LogP contribution in [0.2, 0.25) is 0 Å². The number of ketones is 1. The summed E-state index contributed by atoms with van der Waals surface area (Å²) in [7, 11) is 0. The normalized spacial score (nSPS) is 17.7. The van der Waals surface area contributed by atoms with E-state index in [1.807, 2.05) is 31.2 Å². The predicted octanol–water partition coefficient (Wildman–Crippen LogP) is 2.03. The van der Waals surface area contributed by atoms with Gasteiger partial charge in [-0.05, 0) is 13.3 Å². The maximum Gasteiger partial charge on any atom is 0.191 e. The molecule has 0 amide bonds.